The van der Waals surface area contributed by atoms with Crippen LogP contribution >= 0.6 is 0 Å². The van der Waals surface area contributed by atoms with Gasteiger partial charge in [-0.3, -0.25) is 14.5 Å². The largest absolute Gasteiger partial charge is 0.507 e. The highest BCUT2D eigenvalue weighted by Gasteiger charge is 2.47. The molecule has 1 unspecified atom stereocenters. The number of aliphatic hydroxyl groups excluding tert-OH is 1. The average Bonchev–Trinajstić information content (AvgIpc) is 3.49. The van der Waals surface area contributed by atoms with Gasteiger partial charge in [-0.1, -0.05) is 12.1 Å². The molecule has 1 fully saturated rings. The number of ether oxygens (including phenoxy) is 4. The number of fused-ring (bicyclic) bond motifs is 1. The number of hydrogen-bond acceptors (Lipinski definition) is 8. The summed E-state index contributed by atoms with van der Waals surface area (Å²) in [5, 5.41) is 11.3. The predicted molar refractivity (Wildman–Crippen MR) is 128 cm³/mol. The number of benzene rings is 3. The van der Waals surface area contributed by atoms with Crippen LogP contribution in [0.5, 0.6) is 17.2 Å². The van der Waals surface area contributed by atoms with Crippen LogP contribution in [0.25, 0.3) is 5.76 Å². The number of amides is 1. The van der Waals surface area contributed by atoms with Gasteiger partial charge in [0, 0.05) is 11.3 Å². The summed E-state index contributed by atoms with van der Waals surface area (Å²) in [4.78, 5) is 39.7. The van der Waals surface area contributed by atoms with Crippen LogP contribution in [0.2, 0.25) is 0 Å². The molecule has 2 aliphatic heterocycles. The van der Waals surface area contributed by atoms with E-state index in [4.69, 9.17) is 18.9 Å². The van der Waals surface area contributed by atoms with Crippen LogP contribution in [0.3, 0.4) is 0 Å². The quantitative estimate of drug-likeness (QED) is 0.250. The van der Waals surface area contributed by atoms with Gasteiger partial charge in [-0.15, -0.1) is 0 Å². The van der Waals surface area contributed by atoms with Crippen molar-refractivity contribution >= 4 is 29.1 Å². The number of carbonyl (C=O) groups is 3. The lowest BCUT2D eigenvalue weighted by Crippen LogP contribution is -2.29. The molecule has 0 bridgehead atoms. The Balaban J connectivity index is 1.65. The fourth-order valence-corrected chi connectivity index (χ4v) is 4.28. The summed E-state index contributed by atoms with van der Waals surface area (Å²) >= 11 is 0. The van der Waals surface area contributed by atoms with Crippen molar-refractivity contribution in [2.75, 3.05) is 25.9 Å². The average molecular weight is 487 g/mol. The Hall–Kier alpha value is -4.79. The molecule has 1 atom stereocenters. The Morgan fingerprint density at radius 1 is 0.917 bits per heavy atom. The maximum atomic E-state index is 13.3. The number of nitrogens with zero attached hydrogens (tertiary/aromatic N) is 1. The van der Waals surface area contributed by atoms with Gasteiger partial charge in [-0.25, -0.2) is 4.79 Å². The first-order valence-electron chi connectivity index (χ1n) is 11.0. The van der Waals surface area contributed by atoms with Crippen LogP contribution in [0.4, 0.5) is 5.69 Å². The van der Waals surface area contributed by atoms with E-state index in [1.165, 1.54) is 31.3 Å². The summed E-state index contributed by atoms with van der Waals surface area (Å²) in [6.45, 7) is 0.0529. The van der Waals surface area contributed by atoms with Gasteiger partial charge < -0.3 is 24.1 Å². The highest BCUT2D eigenvalue weighted by Crippen LogP contribution is 2.43. The number of methoxy groups -OCH3 is 2. The third-order valence-electron chi connectivity index (χ3n) is 6.09. The number of anilines is 1. The lowest BCUT2D eigenvalue weighted by atomic mass is 9.95. The molecule has 0 aromatic heterocycles. The Morgan fingerprint density at radius 3 is 2.25 bits per heavy atom. The van der Waals surface area contributed by atoms with Gasteiger partial charge in [0.15, 0.2) is 11.5 Å². The maximum absolute atomic E-state index is 13.3. The molecule has 1 amide bonds. The summed E-state index contributed by atoms with van der Waals surface area (Å²) in [6, 6.07) is 16.8. The Morgan fingerprint density at radius 2 is 1.58 bits per heavy atom. The van der Waals surface area contributed by atoms with Gasteiger partial charge in [0.2, 0.25) is 6.79 Å². The molecule has 9 heteroatoms. The van der Waals surface area contributed by atoms with Crippen molar-refractivity contribution in [2.45, 2.75) is 6.04 Å². The monoisotopic (exact) mass is 487 g/mol. The van der Waals surface area contributed by atoms with Crippen LogP contribution in [0, 0.1) is 0 Å². The van der Waals surface area contributed by atoms with Crippen LogP contribution in [0.15, 0.2) is 72.3 Å². The number of aliphatic hydroxyl groups is 1. The zero-order valence-corrected chi connectivity index (χ0v) is 19.4. The second-order valence-electron chi connectivity index (χ2n) is 8.05. The standard InChI is InChI=1S/C27H21NO8/c1-33-19-10-5-15(6-11-19)23-22(24(29)17-7-12-20-21(13-17)36-14-35-20)25(30)26(31)28(23)18-8-3-16(4-9-18)27(32)34-2/h3-13,23,29H,14H2,1-2H3/b24-22-. The molecule has 1 saturated heterocycles. The highest BCUT2D eigenvalue weighted by atomic mass is 16.7. The van der Waals surface area contributed by atoms with Crippen molar-refractivity contribution in [3.63, 3.8) is 0 Å². The molecule has 9 nitrogen and oxygen atoms in total. The Kier molecular flexibility index (Phi) is 5.81. The molecule has 0 spiro atoms. The van der Waals surface area contributed by atoms with Gasteiger partial charge in [0.25, 0.3) is 11.7 Å². The molecule has 2 aliphatic rings. The van der Waals surface area contributed by atoms with Gasteiger partial charge in [-0.05, 0) is 60.2 Å². The third-order valence-corrected chi connectivity index (χ3v) is 6.09. The van der Waals surface area contributed by atoms with Crippen LogP contribution in [-0.4, -0.2) is 43.8 Å². The van der Waals surface area contributed by atoms with E-state index in [1.54, 1.807) is 54.6 Å². The first-order valence-corrected chi connectivity index (χ1v) is 11.0. The molecule has 36 heavy (non-hydrogen) atoms. The number of esters is 1. The van der Waals surface area contributed by atoms with Crippen molar-refractivity contribution in [2.24, 2.45) is 0 Å². The number of carbonyl (C=O) groups excluding carboxylic acids is 3. The van der Waals surface area contributed by atoms with Gasteiger partial charge in [0.1, 0.15) is 11.5 Å². The maximum Gasteiger partial charge on any atom is 0.337 e. The molecule has 182 valence electrons. The van der Waals surface area contributed by atoms with Gasteiger partial charge >= 0.3 is 5.97 Å². The number of ketones is 1. The van der Waals surface area contributed by atoms with Crippen LogP contribution in [-0.2, 0) is 14.3 Å². The van der Waals surface area contributed by atoms with E-state index in [0.29, 0.717) is 39.6 Å². The SMILES string of the molecule is COC(=O)c1ccc(N2C(=O)C(=O)/C(=C(\O)c3ccc4c(c3)OCO4)C2c2ccc(OC)cc2)cc1. The topological polar surface area (TPSA) is 112 Å². The summed E-state index contributed by atoms with van der Waals surface area (Å²) in [6.07, 6.45) is 0. The van der Waals surface area contributed by atoms with Crippen molar-refractivity contribution in [3.05, 3.63) is 89.0 Å². The molecule has 5 rings (SSSR count). The molecule has 3 aromatic rings. The second-order valence-corrected chi connectivity index (χ2v) is 8.05. The smallest absolute Gasteiger partial charge is 0.337 e. The second kappa shape index (κ2) is 9.10. The normalized spacial score (nSPS) is 17.8. The van der Waals surface area contributed by atoms with E-state index < -0.39 is 23.7 Å². The Labute approximate surface area is 206 Å². The predicted octanol–water partition coefficient (Wildman–Crippen LogP) is 3.84. The minimum Gasteiger partial charge on any atom is -0.507 e. The van der Waals surface area contributed by atoms with E-state index in [2.05, 4.69) is 0 Å². The molecular weight excluding hydrogens is 466 g/mol. The van der Waals surface area contributed by atoms with Gasteiger partial charge in [-0.2, -0.15) is 0 Å². The first kappa shape index (κ1) is 23.0. The highest BCUT2D eigenvalue weighted by molar-refractivity contribution is 6.51. The van der Waals surface area contributed by atoms with Crippen LogP contribution < -0.4 is 19.1 Å². The molecular formula is C27H21NO8. The fraction of sp³-hybridized carbons (Fsp3) is 0.148. The molecule has 2 heterocycles. The summed E-state index contributed by atoms with van der Waals surface area (Å²) in [5.41, 5.74) is 1.46. The lowest BCUT2D eigenvalue weighted by Gasteiger charge is -2.25. The van der Waals surface area contributed by atoms with E-state index in [-0.39, 0.29) is 18.1 Å². The van der Waals surface area contributed by atoms with E-state index >= 15 is 0 Å². The van der Waals surface area contributed by atoms with Crippen molar-refractivity contribution in [1.29, 1.82) is 0 Å². The zero-order valence-electron chi connectivity index (χ0n) is 19.4. The lowest BCUT2D eigenvalue weighted by molar-refractivity contribution is -0.132. The van der Waals surface area contributed by atoms with E-state index in [0.717, 1.165) is 0 Å². The minimum atomic E-state index is -0.940. The minimum absolute atomic E-state index is 0.0529. The number of hydrogen-bond donors (Lipinski definition) is 1. The fourth-order valence-electron chi connectivity index (χ4n) is 4.28. The summed E-state index contributed by atoms with van der Waals surface area (Å²) < 4.78 is 20.7. The molecule has 0 saturated carbocycles. The number of Topliss-reactive ketones (excluding diaryl/α,β-unsaturated/α-hetero) is 1. The first-order chi connectivity index (χ1) is 17.4. The van der Waals surface area contributed by atoms with Crippen molar-refractivity contribution < 1.29 is 38.4 Å². The zero-order chi connectivity index (χ0) is 25.4. The molecule has 0 radical (unpaired) electrons. The molecule has 0 aliphatic carbocycles. The van der Waals surface area contributed by atoms with Crippen LogP contribution in [0.1, 0.15) is 27.5 Å². The summed E-state index contributed by atoms with van der Waals surface area (Å²) in [5.74, 6) is -1.00. The Bertz CT molecular complexity index is 1390. The van der Waals surface area contributed by atoms with E-state index in [1.807, 2.05) is 0 Å². The molecule has 3 aromatic carbocycles. The number of rotatable bonds is 5. The third kappa shape index (κ3) is 3.80. The van der Waals surface area contributed by atoms with Gasteiger partial charge in [0.05, 0.1) is 31.4 Å². The molecule has 1 N–H and O–H groups in total. The van der Waals surface area contributed by atoms with E-state index in [9.17, 15) is 19.5 Å². The van der Waals surface area contributed by atoms with Crippen molar-refractivity contribution in [3.8, 4) is 17.2 Å². The summed E-state index contributed by atoms with van der Waals surface area (Å²) in [7, 11) is 2.80. The van der Waals surface area contributed by atoms with Crippen molar-refractivity contribution in [1.82, 2.24) is 0 Å².